The van der Waals surface area contributed by atoms with E-state index in [1.807, 2.05) is 6.92 Å². The Balaban J connectivity index is 2.01. The second-order valence-corrected chi connectivity index (χ2v) is 6.45. The van der Waals surface area contributed by atoms with E-state index in [2.05, 4.69) is 12.2 Å². The Hall–Kier alpha value is -1.98. The Labute approximate surface area is 141 Å². The number of carbonyl (C=O) groups excluding carboxylic acids is 2. The first kappa shape index (κ1) is 18.4. The van der Waals surface area contributed by atoms with Crippen molar-refractivity contribution in [3.05, 3.63) is 35.4 Å². The van der Waals surface area contributed by atoms with Crippen molar-refractivity contribution in [1.29, 1.82) is 0 Å². The van der Waals surface area contributed by atoms with Crippen LogP contribution in [0.15, 0.2) is 18.2 Å². The Bertz CT molecular complexity index is 586. The zero-order chi connectivity index (χ0) is 17.7. The molecule has 1 aromatic rings. The molecule has 0 unspecified atom stereocenters. The molecule has 0 aromatic heterocycles. The van der Waals surface area contributed by atoms with E-state index in [0.29, 0.717) is 19.4 Å². The molecule has 6 heteroatoms. The van der Waals surface area contributed by atoms with Crippen molar-refractivity contribution >= 4 is 11.8 Å². The summed E-state index contributed by atoms with van der Waals surface area (Å²) < 4.78 is 26.6. The van der Waals surface area contributed by atoms with Gasteiger partial charge in [0.2, 0.25) is 5.91 Å². The molecule has 0 saturated carbocycles. The van der Waals surface area contributed by atoms with Crippen LogP contribution in [-0.4, -0.2) is 35.8 Å². The summed E-state index contributed by atoms with van der Waals surface area (Å²) in [5.41, 5.74) is -0.0205. The molecule has 2 amide bonds. The molecule has 1 aromatic carbocycles. The maximum absolute atomic E-state index is 13.3. The number of piperidine rings is 1. The third-order valence-electron chi connectivity index (χ3n) is 4.30. The van der Waals surface area contributed by atoms with Crippen molar-refractivity contribution in [2.24, 2.45) is 5.92 Å². The van der Waals surface area contributed by atoms with Gasteiger partial charge in [-0.25, -0.2) is 8.78 Å². The number of rotatable bonds is 5. The summed E-state index contributed by atoms with van der Waals surface area (Å²) in [4.78, 5) is 26.3. The fourth-order valence-electron chi connectivity index (χ4n) is 3.10. The van der Waals surface area contributed by atoms with E-state index in [-0.39, 0.29) is 30.0 Å². The topological polar surface area (TPSA) is 49.4 Å². The lowest BCUT2D eigenvalue weighted by Gasteiger charge is -2.32. The highest BCUT2D eigenvalue weighted by Gasteiger charge is 2.29. The van der Waals surface area contributed by atoms with Gasteiger partial charge in [-0.3, -0.25) is 9.59 Å². The van der Waals surface area contributed by atoms with Crippen LogP contribution in [0.3, 0.4) is 0 Å². The smallest absolute Gasteiger partial charge is 0.254 e. The third kappa shape index (κ3) is 4.76. The SMILES string of the molecule is CCC[C@H](C)NC(=O)[C@@H]1CCCN(C(=O)c2cc(F)cc(F)c2)C1. The predicted molar refractivity (Wildman–Crippen MR) is 87.5 cm³/mol. The standard InChI is InChI=1S/C18H24F2N2O2/c1-3-5-12(2)21-17(23)13-6-4-7-22(11-13)18(24)14-8-15(19)10-16(20)9-14/h8-10,12-13H,3-7,11H2,1-2H3,(H,21,23)/t12-,13+/m0/s1. The molecule has 1 N–H and O–H groups in total. The highest BCUT2D eigenvalue weighted by Crippen LogP contribution is 2.20. The summed E-state index contributed by atoms with van der Waals surface area (Å²) >= 11 is 0. The lowest BCUT2D eigenvalue weighted by atomic mass is 9.96. The Morgan fingerprint density at radius 3 is 2.58 bits per heavy atom. The van der Waals surface area contributed by atoms with E-state index in [9.17, 15) is 18.4 Å². The maximum Gasteiger partial charge on any atom is 0.254 e. The molecular formula is C18H24F2N2O2. The summed E-state index contributed by atoms with van der Waals surface area (Å²) in [6, 6.07) is 2.89. The number of nitrogens with zero attached hydrogens (tertiary/aromatic N) is 1. The van der Waals surface area contributed by atoms with Gasteiger partial charge >= 0.3 is 0 Å². The summed E-state index contributed by atoms with van der Waals surface area (Å²) in [5, 5.41) is 2.97. The minimum atomic E-state index is -0.780. The summed E-state index contributed by atoms with van der Waals surface area (Å²) in [6.07, 6.45) is 3.31. The van der Waals surface area contributed by atoms with Gasteiger partial charge in [0.1, 0.15) is 11.6 Å². The number of halogens is 2. The molecule has 0 bridgehead atoms. The van der Waals surface area contributed by atoms with Gasteiger partial charge in [-0.15, -0.1) is 0 Å². The number of hydrogen-bond acceptors (Lipinski definition) is 2. The van der Waals surface area contributed by atoms with Gasteiger partial charge in [-0.05, 0) is 38.3 Å². The van der Waals surface area contributed by atoms with Crippen molar-refractivity contribution in [3.63, 3.8) is 0 Å². The largest absolute Gasteiger partial charge is 0.353 e. The highest BCUT2D eigenvalue weighted by atomic mass is 19.1. The zero-order valence-electron chi connectivity index (χ0n) is 14.1. The van der Waals surface area contributed by atoms with Crippen LogP contribution in [0.25, 0.3) is 0 Å². The zero-order valence-corrected chi connectivity index (χ0v) is 14.1. The first-order valence-corrected chi connectivity index (χ1v) is 8.46. The van der Waals surface area contributed by atoms with Crippen LogP contribution in [0.2, 0.25) is 0 Å². The lowest BCUT2D eigenvalue weighted by molar-refractivity contribution is -0.127. The van der Waals surface area contributed by atoms with Crippen molar-refractivity contribution in [2.75, 3.05) is 13.1 Å². The number of likely N-dealkylation sites (tertiary alicyclic amines) is 1. The maximum atomic E-state index is 13.3. The van der Waals surface area contributed by atoms with Crippen molar-refractivity contribution in [2.45, 2.75) is 45.6 Å². The van der Waals surface area contributed by atoms with Gasteiger partial charge in [0.05, 0.1) is 5.92 Å². The van der Waals surface area contributed by atoms with E-state index in [1.54, 1.807) is 0 Å². The first-order valence-electron chi connectivity index (χ1n) is 8.46. The minimum Gasteiger partial charge on any atom is -0.353 e. The van der Waals surface area contributed by atoms with Gasteiger partial charge in [0, 0.05) is 30.8 Å². The molecule has 0 aliphatic carbocycles. The average Bonchev–Trinajstić information content (AvgIpc) is 2.53. The van der Waals surface area contributed by atoms with Gasteiger partial charge in [0.15, 0.2) is 0 Å². The van der Waals surface area contributed by atoms with Crippen molar-refractivity contribution in [3.8, 4) is 0 Å². The average molecular weight is 338 g/mol. The van der Waals surface area contributed by atoms with E-state index in [0.717, 1.165) is 31.0 Å². The number of nitrogens with one attached hydrogen (secondary N) is 1. The van der Waals surface area contributed by atoms with E-state index >= 15 is 0 Å². The Kier molecular flexibility index (Phi) is 6.29. The lowest BCUT2D eigenvalue weighted by Crippen LogP contribution is -2.47. The molecule has 0 spiro atoms. The fraction of sp³-hybridized carbons (Fsp3) is 0.556. The molecule has 24 heavy (non-hydrogen) atoms. The van der Waals surface area contributed by atoms with E-state index in [4.69, 9.17) is 0 Å². The number of carbonyl (C=O) groups is 2. The monoisotopic (exact) mass is 338 g/mol. The van der Waals surface area contributed by atoms with E-state index in [1.165, 1.54) is 4.90 Å². The predicted octanol–water partition coefficient (Wildman–Crippen LogP) is 3.12. The van der Waals surface area contributed by atoms with Gasteiger partial charge in [-0.2, -0.15) is 0 Å². The fourth-order valence-corrected chi connectivity index (χ4v) is 3.10. The van der Waals surface area contributed by atoms with Gasteiger partial charge in [-0.1, -0.05) is 13.3 Å². The highest BCUT2D eigenvalue weighted by molar-refractivity contribution is 5.94. The molecule has 1 aliphatic rings. The molecule has 1 heterocycles. The number of hydrogen-bond donors (Lipinski definition) is 1. The van der Waals surface area contributed by atoms with Crippen LogP contribution in [0.1, 0.15) is 49.9 Å². The summed E-state index contributed by atoms with van der Waals surface area (Å²) in [5.74, 6) is -2.33. The van der Waals surface area contributed by atoms with Crippen molar-refractivity contribution < 1.29 is 18.4 Å². The number of benzene rings is 1. The van der Waals surface area contributed by atoms with Crippen molar-refractivity contribution in [1.82, 2.24) is 10.2 Å². The van der Waals surface area contributed by atoms with Crippen LogP contribution in [-0.2, 0) is 4.79 Å². The number of amides is 2. The van der Waals surface area contributed by atoms with Crippen LogP contribution in [0, 0.1) is 17.6 Å². The van der Waals surface area contributed by atoms with Gasteiger partial charge in [0.25, 0.3) is 5.91 Å². The van der Waals surface area contributed by atoms with Crippen LogP contribution >= 0.6 is 0 Å². The first-order chi connectivity index (χ1) is 11.4. The molecule has 1 aliphatic heterocycles. The van der Waals surface area contributed by atoms with Crippen LogP contribution in [0.5, 0.6) is 0 Å². The Morgan fingerprint density at radius 2 is 1.96 bits per heavy atom. The quantitative estimate of drug-likeness (QED) is 0.897. The summed E-state index contributed by atoms with van der Waals surface area (Å²) in [7, 11) is 0. The molecule has 1 saturated heterocycles. The third-order valence-corrected chi connectivity index (χ3v) is 4.30. The molecule has 4 nitrogen and oxygen atoms in total. The summed E-state index contributed by atoms with van der Waals surface area (Å²) in [6.45, 7) is 4.79. The van der Waals surface area contributed by atoms with Crippen LogP contribution < -0.4 is 5.32 Å². The van der Waals surface area contributed by atoms with E-state index < -0.39 is 17.5 Å². The second-order valence-electron chi connectivity index (χ2n) is 6.45. The Morgan fingerprint density at radius 1 is 1.29 bits per heavy atom. The molecule has 132 valence electrons. The molecular weight excluding hydrogens is 314 g/mol. The molecule has 1 fully saturated rings. The molecule has 2 rings (SSSR count). The minimum absolute atomic E-state index is 0.0205. The molecule has 2 atom stereocenters. The van der Waals surface area contributed by atoms with Gasteiger partial charge < -0.3 is 10.2 Å². The molecule has 0 radical (unpaired) electrons. The second kappa shape index (κ2) is 8.22. The normalized spacial score (nSPS) is 19.0. The van der Waals surface area contributed by atoms with Crippen LogP contribution in [0.4, 0.5) is 8.78 Å².